The number of hydrogen-bond acceptors (Lipinski definition) is 3. The van der Waals surface area contributed by atoms with E-state index in [9.17, 15) is 0 Å². The highest BCUT2D eigenvalue weighted by molar-refractivity contribution is 5.47. The fourth-order valence-corrected chi connectivity index (χ4v) is 2.20. The maximum absolute atomic E-state index is 4.08. The molecule has 0 spiro atoms. The van der Waals surface area contributed by atoms with E-state index in [1.165, 1.54) is 11.1 Å². The second kappa shape index (κ2) is 5.65. The molecule has 94 valence electrons. The Morgan fingerprint density at radius 3 is 2.39 bits per heavy atom. The summed E-state index contributed by atoms with van der Waals surface area (Å²) in [6.07, 6.45) is 3.68. The first-order valence-electron chi connectivity index (χ1n) is 6.06. The first-order valence-corrected chi connectivity index (χ1v) is 6.06. The minimum absolute atomic E-state index is 0.251. The molecule has 1 aromatic carbocycles. The van der Waals surface area contributed by atoms with Crippen molar-refractivity contribution >= 4 is 5.69 Å². The first-order chi connectivity index (χ1) is 8.72. The van der Waals surface area contributed by atoms with Crippen LogP contribution in [0.25, 0.3) is 0 Å². The van der Waals surface area contributed by atoms with Gasteiger partial charge in [-0.15, -0.1) is 0 Å². The number of benzene rings is 1. The lowest BCUT2D eigenvalue weighted by Gasteiger charge is -2.25. The lowest BCUT2D eigenvalue weighted by atomic mass is 9.98. The van der Waals surface area contributed by atoms with Gasteiger partial charge in [0.05, 0.1) is 6.04 Å². The zero-order valence-electron chi connectivity index (χ0n) is 11.1. The van der Waals surface area contributed by atoms with E-state index in [-0.39, 0.29) is 6.04 Å². The zero-order valence-corrected chi connectivity index (χ0v) is 11.1. The Labute approximate surface area is 108 Å². The Bertz CT molecular complexity index is 494. The van der Waals surface area contributed by atoms with E-state index in [1.807, 2.05) is 19.4 Å². The van der Waals surface area contributed by atoms with E-state index in [2.05, 4.69) is 65.7 Å². The number of anilines is 1. The molecule has 1 heterocycles. The van der Waals surface area contributed by atoms with Crippen LogP contribution in [0.15, 0.2) is 48.8 Å². The molecule has 0 aliphatic rings. The summed E-state index contributed by atoms with van der Waals surface area (Å²) in [6.45, 7) is 0. The van der Waals surface area contributed by atoms with Crippen molar-refractivity contribution in [1.29, 1.82) is 0 Å². The Hall–Kier alpha value is -1.87. The topological polar surface area (TPSA) is 28.2 Å². The van der Waals surface area contributed by atoms with E-state index in [4.69, 9.17) is 0 Å². The Balaban J connectivity index is 2.42. The molecule has 1 unspecified atom stereocenters. The quantitative estimate of drug-likeness (QED) is 0.892. The highest BCUT2D eigenvalue weighted by Crippen LogP contribution is 2.27. The molecule has 0 fully saturated rings. The average molecular weight is 241 g/mol. The van der Waals surface area contributed by atoms with E-state index in [0.717, 1.165) is 5.69 Å². The third kappa shape index (κ3) is 2.68. The summed E-state index contributed by atoms with van der Waals surface area (Å²) in [5.41, 5.74) is 3.66. The van der Waals surface area contributed by atoms with Crippen molar-refractivity contribution in [3.63, 3.8) is 0 Å². The number of pyridine rings is 1. The summed E-state index contributed by atoms with van der Waals surface area (Å²) in [6, 6.07) is 12.9. The molecular formula is C15H19N3. The number of hydrogen-bond donors (Lipinski definition) is 1. The largest absolute Gasteiger partial charge is 0.388 e. The highest BCUT2D eigenvalue weighted by Gasteiger charge is 2.16. The number of nitrogens with one attached hydrogen (secondary N) is 1. The summed E-state index contributed by atoms with van der Waals surface area (Å²) in [5.74, 6) is 0. The molecule has 3 heteroatoms. The van der Waals surface area contributed by atoms with Crippen LogP contribution in [-0.2, 0) is 0 Å². The van der Waals surface area contributed by atoms with Gasteiger partial charge in [-0.2, -0.15) is 0 Å². The summed E-state index contributed by atoms with van der Waals surface area (Å²) < 4.78 is 0. The minimum atomic E-state index is 0.251. The van der Waals surface area contributed by atoms with Gasteiger partial charge in [0.15, 0.2) is 0 Å². The van der Waals surface area contributed by atoms with Crippen molar-refractivity contribution in [2.45, 2.75) is 6.04 Å². The monoisotopic (exact) mass is 241 g/mol. The van der Waals surface area contributed by atoms with Gasteiger partial charge in [0.25, 0.3) is 0 Å². The molecule has 3 nitrogen and oxygen atoms in total. The minimum Gasteiger partial charge on any atom is -0.388 e. The fraction of sp³-hybridized carbons (Fsp3) is 0.267. The molecule has 0 saturated carbocycles. The van der Waals surface area contributed by atoms with Crippen LogP contribution in [0.2, 0.25) is 0 Å². The van der Waals surface area contributed by atoms with Crippen LogP contribution in [-0.4, -0.2) is 31.0 Å². The van der Waals surface area contributed by atoms with Gasteiger partial charge in [0.2, 0.25) is 0 Å². The van der Waals surface area contributed by atoms with Gasteiger partial charge in [-0.05, 0) is 49.5 Å². The van der Waals surface area contributed by atoms with Crippen molar-refractivity contribution in [1.82, 2.24) is 9.88 Å². The number of rotatable bonds is 4. The van der Waals surface area contributed by atoms with E-state index >= 15 is 0 Å². The maximum atomic E-state index is 4.08. The van der Waals surface area contributed by atoms with Gasteiger partial charge in [-0.25, -0.2) is 0 Å². The van der Waals surface area contributed by atoms with Gasteiger partial charge in [-0.1, -0.05) is 12.1 Å². The van der Waals surface area contributed by atoms with Crippen LogP contribution in [0, 0.1) is 0 Å². The second-order valence-corrected chi connectivity index (χ2v) is 4.52. The molecule has 2 aromatic rings. The Morgan fingerprint density at radius 1 is 1.06 bits per heavy atom. The smallest absolute Gasteiger partial charge is 0.0598 e. The Morgan fingerprint density at radius 2 is 1.78 bits per heavy atom. The van der Waals surface area contributed by atoms with Crippen molar-refractivity contribution in [2.24, 2.45) is 0 Å². The van der Waals surface area contributed by atoms with Gasteiger partial charge in [-0.3, -0.25) is 9.88 Å². The number of nitrogens with zero attached hydrogens (tertiary/aromatic N) is 2. The standard InChI is InChI=1S/C15H19N3/c1-16-14-6-4-5-13(11-14)15(18(2)3)12-7-9-17-10-8-12/h4-11,15-16H,1-3H3. The van der Waals surface area contributed by atoms with Crippen molar-refractivity contribution in [3.05, 3.63) is 59.9 Å². The third-order valence-electron chi connectivity index (χ3n) is 3.03. The van der Waals surface area contributed by atoms with Gasteiger partial charge in [0.1, 0.15) is 0 Å². The van der Waals surface area contributed by atoms with Crippen LogP contribution in [0.5, 0.6) is 0 Å². The molecule has 18 heavy (non-hydrogen) atoms. The summed E-state index contributed by atoms with van der Waals surface area (Å²) in [5, 5.41) is 3.18. The molecule has 0 aliphatic carbocycles. The molecule has 1 atom stereocenters. The maximum Gasteiger partial charge on any atom is 0.0598 e. The average Bonchev–Trinajstić information content (AvgIpc) is 2.40. The molecule has 0 saturated heterocycles. The third-order valence-corrected chi connectivity index (χ3v) is 3.03. The normalized spacial score (nSPS) is 12.4. The lowest BCUT2D eigenvalue weighted by molar-refractivity contribution is 0.342. The molecule has 2 rings (SSSR count). The van der Waals surface area contributed by atoms with Crippen LogP contribution in [0.3, 0.4) is 0 Å². The first kappa shape index (κ1) is 12.6. The molecule has 1 N–H and O–H groups in total. The molecule has 0 aliphatic heterocycles. The zero-order chi connectivity index (χ0) is 13.0. The molecule has 0 bridgehead atoms. The second-order valence-electron chi connectivity index (χ2n) is 4.52. The molecule has 1 aromatic heterocycles. The van der Waals surface area contributed by atoms with E-state index in [1.54, 1.807) is 0 Å². The van der Waals surface area contributed by atoms with Crippen LogP contribution < -0.4 is 5.32 Å². The van der Waals surface area contributed by atoms with Gasteiger partial charge < -0.3 is 5.32 Å². The van der Waals surface area contributed by atoms with Crippen LogP contribution in [0.4, 0.5) is 5.69 Å². The number of aromatic nitrogens is 1. The predicted octanol–water partition coefficient (Wildman–Crippen LogP) is 2.77. The summed E-state index contributed by atoms with van der Waals surface area (Å²) in [4.78, 5) is 6.30. The van der Waals surface area contributed by atoms with Crippen molar-refractivity contribution in [3.8, 4) is 0 Å². The molecule has 0 radical (unpaired) electrons. The van der Waals surface area contributed by atoms with Crippen LogP contribution in [0.1, 0.15) is 17.2 Å². The SMILES string of the molecule is CNc1cccc(C(c2ccncc2)N(C)C)c1. The van der Waals surface area contributed by atoms with Gasteiger partial charge >= 0.3 is 0 Å². The van der Waals surface area contributed by atoms with E-state index < -0.39 is 0 Å². The summed E-state index contributed by atoms with van der Waals surface area (Å²) >= 11 is 0. The highest BCUT2D eigenvalue weighted by atomic mass is 15.1. The van der Waals surface area contributed by atoms with Gasteiger partial charge in [0, 0.05) is 25.1 Å². The predicted molar refractivity (Wildman–Crippen MR) is 75.8 cm³/mol. The van der Waals surface area contributed by atoms with E-state index in [0.29, 0.717) is 0 Å². The lowest BCUT2D eigenvalue weighted by Crippen LogP contribution is -2.21. The van der Waals surface area contributed by atoms with Crippen molar-refractivity contribution in [2.75, 3.05) is 26.5 Å². The molecule has 0 amide bonds. The van der Waals surface area contributed by atoms with Crippen LogP contribution >= 0.6 is 0 Å². The fourth-order valence-electron chi connectivity index (χ4n) is 2.20. The molecular weight excluding hydrogens is 222 g/mol. The van der Waals surface area contributed by atoms with Crippen molar-refractivity contribution < 1.29 is 0 Å². The summed E-state index contributed by atoms with van der Waals surface area (Å²) in [7, 11) is 6.13. The Kier molecular flexibility index (Phi) is 3.95.